The zero-order valence-electron chi connectivity index (χ0n) is 11.2. The summed E-state index contributed by atoms with van der Waals surface area (Å²) in [6.45, 7) is 0.554. The number of ether oxygens (including phenoxy) is 1. The summed E-state index contributed by atoms with van der Waals surface area (Å²) < 4.78 is 32.1. The van der Waals surface area contributed by atoms with Crippen LogP contribution in [0.4, 0.5) is 0 Å². The van der Waals surface area contributed by atoms with Gasteiger partial charge in [0.05, 0.1) is 12.9 Å². The predicted octanol–water partition coefficient (Wildman–Crippen LogP) is 2.40. The summed E-state index contributed by atoms with van der Waals surface area (Å²) in [7, 11) is -3.37. The van der Waals surface area contributed by atoms with Gasteiger partial charge in [0, 0.05) is 16.6 Å². The Morgan fingerprint density at radius 3 is 2.60 bits per heavy atom. The van der Waals surface area contributed by atoms with E-state index in [0.29, 0.717) is 25.0 Å². The zero-order valence-corrected chi connectivity index (χ0v) is 13.6. The number of rotatable bonds is 9. The molecular formula is C13H17BrO5S. The monoisotopic (exact) mass is 364 g/mol. The summed E-state index contributed by atoms with van der Waals surface area (Å²) in [5.41, 5.74) is 0.597. The predicted molar refractivity (Wildman–Crippen MR) is 79.3 cm³/mol. The van der Waals surface area contributed by atoms with Crippen LogP contribution in [0.15, 0.2) is 28.7 Å². The van der Waals surface area contributed by atoms with Crippen molar-refractivity contribution in [2.75, 3.05) is 26.1 Å². The second-order valence-corrected chi connectivity index (χ2v) is 6.78. The fourth-order valence-corrected chi connectivity index (χ4v) is 2.25. The molecule has 0 atom stereocenters. The third kappa shape index (κ3) is 7.74. The van der Waals surface area contributed by atoms with E-state index in [0.717, 1.165) is 10.7 Å². The van der Waals surface area contributed by atoms with Crippen LogP contribution in [-0.2, 0) is 19.0 Å². The van der Waals surface area contributed by atoms with Crippen molar-refractivity contribution in [3.05, 3.63) is 34.3 Å². The Morgan fingerprint density at radius 2 is 1.95 bits per heavy atom. The van der Waals surface area contributed by atoms with Crippen molar-refractivity contribution >= 4 is 31.8 Å². The molecule has 0 heterocycles. The second kappa shape index (κ2) is 8.51. The molecule has 0 aliphatic carbocycles. The average Bonchev–Trinajstić information content (AvgIpc) is 2.36. The van der Waals surface area contributed by atoms with Gasteiger partial charge in [-0.2, -0.15) is 8.42 Å². The summed E-state index contributed by atoms with van der Waals surface area (Å²) in [6, 6.07) is 7.11. The molecule has 112 valence electrons. The highest BCUT2D eigenvalue weighted by Crippen LogP contribution is 2.12. The Bertz CT molecular complexity index is 541. The van der Waals surface area contributed by atoms with Crippen LogP contribution in [0.2, 0.25) is 0 Å². The van der Waals surface area contributed by atoms with Gasteiger partial charge in [0.15, 0.2) is 5.78 Å². The summed E-state index contributed by atoms with van der Waals surface area (Å²) in [6.07, 6.45) is 2.22. The zero-order chi connectivity index (χ0) is 15.0. The topological polar surface area (TPSA) is 69.7 Å². The molecule has 0 fully saturated rings. The minimum atomic E-state index is -3.37. The fourth-order valence-electron chi connectivity index (χ4n) is 1.43. The largest absolute Gasteiger partial charge is 0.373 e. The molecule has 0 aliphatic rings. The van der Waals surface area contributed by atoms with Crippen LogP contribution in [0.1, 0.15) is 23.2 Å². The van der Waals surface area contributed by atoms with Gasteiger partial charge >= 0.3 is 0 Å². The first-order valence-corrected chi connectivity index (χ1v) is 8.70. The Hall–Kier alpha value is -0.760. The number of unbranched alkanes of at least 4 members (excludes halogenated alkanes) is 1. The van der Waals surface area contributed by atoms with Gasteiger partial charge in [-0.25, -0.2) is 0 Å². The van der Waals surface area contributed by atoms with E-state index in [4.69, 9.17) is 4.74 Å². The number of hydrogen-bond donors (Lipinski definition) is 0. The van der Waals surface area contributed by atoms with Gasteiger partial charge < -0.3 is 4.74 Å². The van der Waals surface area contributed by atoms with E-state index in [1.54, 1.807) is 18.2 Å². The maximum Gasteiger partial charge on any atom is 0.264 e. The minimum Gasteiger partial charge on any atom is -0.373 e. The maximum absolute atomic E-state index is 11.8. The second-order valence-electron chi connectivity index (χ2n) is 4.22. The molecule has 0 saturated carbocycles. The van der Waals surface area contributed by atoms with E-state index in [1.807, 2.05) is 6.07 Å². The SMILES string of the molecule is CS(=O)(=O)OCCCCOCC(=O)c1cccc(Br)c1. The van der Waals surface area contributed by atoms with E-state index in [1.165, 1.54) is 0 Å². The number of Topliss-reactive ketones (excluding diaryl/α,β-unsaturated/α-hetero) is 1. The number of halogens is 1. The first kappa shape index (κ1) is 17.3. The molecule has 0 saturated heterocycles. The molecule has 0 N–H and O–H groups in total. The Morgan fingerprint density at radius 1 is 1.25 bits per heavy atom. The normalized spacial score (nSPS) is 11.5. The van der Waals surface area contributed by atoms with Crippen LogP contribution in [0.3, 0.4) is 0 Å². The van der Waals surface area contributed by atoms with Gasteiger partial charge in [-0.15, -0.1) is 0 Å². The minimum absolute atomic E-state index is 0.0172. The Labute approximate surface area is 127 Å². The smallest absolute Gasteiger partial charge is 0.264 e. The van der Waals surface area contributed by atoms with Crippen LogP contribution in [0, 0.1) is 0 Å². The molecule has 0 unspecified atom stereocenters. The lowest BCUT2D eigenvalue weighted by Crippen LogP contribution is -2.10. The van der Waals surface area contributed by atoms with Gasteiger partial charge in [-0.1, -0.05) is 28.1 Å². The molecule has 1 aromatic rings. The molecular weight excluding hydrogens is 348 g/mol. The van der Waals surface area contributed by atoms with Gasteiger partial charge in [0.2, 0.25) is 0 Å². The maximum atomic E-state index is 11.8. The molecule has 0 bridgehead atoms. The van der Waals surface area contributed by atoms with E-state index in [2.05, 4.69) is 20.1 Å². The van der Waals surface area contributed by atoms with Gasteiger partial charge in [-0.05, 0) is 25.0 Å². The first-order chi connectivity index (χ1) is 9.38. The van der Waals surface area contributed by atoms with E-state index >= 15 is 0 Å². The summed E-state index contributed by atoms with van der Waals surface area (Å²) >= 11 is 3.30. The highest BCUT2D eigenvalue weighted by atomic mass is 79.9. The number of carbonyl (C=O) groups is 1. The van der Waals surface area contributed by atoms with Crippen LogP contribution in [0.25, 0.3) is 0 Å². The van der Waals surface area contributed by atoms with Crippen LogP contribution in [-0.4, -0.2) is 40.3 Å². The first-order valence-electron chi connectivity index (χ1n) is 6.09. The highest BCUT2D eigenvalue weighted by Gasteiger charge is 2.06. The standard InChI is InChI=1S/C13H17BrO5S/c1-20(16,17)19-8-3-2-7-18-10-13(15)11-5-4-6-12(14)9-11/h4-6,9H,2-3,7-8,10H2,1H3. The number of hydrogen-bond acceptors (Lipinski definition) is 5. The lowest BCUT2D eigenvalue weighted by Gasteiger charge is -2.04. The van der Waals surface area contributed by atoms with E-state index in [9.17, 15) is 13.2 Å². The van der Waals surface area contributed by atoms with Crippen molar-refractivity contribution in [1.82, 2.24) is 0 Å². The van der Waals surface area contributed by atoms with Crippen molar-refractivity contribution in [3.8, 4) is 0 Å². The number of benzene rings is 1. The van der Waals surface area contributed by atoms with E-state index in [-0.39, 0.29) is 19.0 Å². The molecule has 1 aromatic carbocycles. The Kier molecular flexibility index (Phi) is 7.36. The molecule has 0 aliphatic heterocycles. The quantitative estimate of drug-likeness (QED) is 0.382. The molecule has 0 spiro atoms. The highest BCUT2D eigenvalue weighted by molar-refractivity contribution is 9.10. The summed E-state index contributed by atoms with van der Waals surface area (Å²) in [5.74, 6) is -0.0846. The van der Waals surface area contributed by atoms with Gasteiger partial charge in [0.1, 0.15) is 6.61 Å². The molecule has 0 aromatic heterocycles. The summed E-state index contributed by atoms with van der Waals surface area (Å²) in [4.78, 5) is 11.8. The van der Waals surface area contributed by atoms with Crippen LogP contribution < -0.4 is 0 Å². The average molecular weight is 365 g/mol. The fraction of sp³-hybridized carbons (Fsp3) is 0.462. The van der Waals surface area contributed by atoms with Crippen molar-refractivity contribution in [2.24, 2.45) is 0 Å². The van der Waals surface area contributed by atoms with Crippen molar-refractivity contribution < 1.29 is 22.1 Å². The van der Waals surface area contributed by atoms with Gasteiger partial charge in [-0.3, -0.25) is 8.98 Å². The van der Waals surface area contributed by atoms with Crippen LogP contribution in [0.5, 0.6) is 0 Å². The van der Waals surface area contributed by atoms with E-state index < -0.39 is 10.1 Å². The van der Waals surface area contributed by atoms with Crippen LogP contribution >= 0.6 is 15.9 Å². The molecule has 7 heteroatoms. The number of carbonyl (C=O) groups excluding carboxylic acids is 1. The Balaban J connectivity index is 2.14. The third-order valence-corrected chi connectivity index (χ3v) is 3.45. The van der Waals surface area contributed by atoms with Crippen molar-refractivity contribution in [1.29, 1.82) is 0 Å². The van der Waals surface area contributed by atoms with Crippen molar-refractivity contribution in [3.63, 3.8) is 0 Å². The molecule has 20 heavy (non-hydrogen) atoms. The summed E-state index contributed by atoms with van der Waals surface area (Å²) in [5, 5.41) is 0. The lowest BCUT2D eigenvalue weighted by molar-refractivity contribution is 0.0748. The molecule has 1 rings (SSSR count). The lowest BCUT2D eigenvalue weighted by atomic mass is 10.1. The molecule has 5 nitrogen and oxygen atoms in total. The molecule has 0 amide bonds. The third-order valence-electron chi connectivity index (χ3n) is 2.36. The molecule has 0 radical (unpaired) electrons. The van der Waals surface area contributed by atoms with Gasteiger partial charge in [0.25, 0.3) is 10.1 Å². The van der Waals surface area contributed by atoms with Crippen molar-refractivity contribution in [2.45, 2.75) is 12.8 Å². The number of ketones is 1.